The summed E-state index contributed by atoms with van der Waals surface area (Å²) in [6, 6.07) is 9.03. The predicted molar refractivity (Wildman–Crippen MR) is 79.6 cm³/mol. The summed E-state index contributed by atoms with van der Waals surface area (Å²) < 4.78 is 5.51. The zero-order valence-corrected chi connectivity index (χ0v) is 12.5. The van der Waals surface area contributed by atoms with Crippen molar-refractivity contribution in [3.63, 3.8) is 0 Å². The number of nitriles is 1. The fourth-order valence-corrected chi connectivity index (χ4v) is 1.83. The number of nitrogens with zero attached hydrogens (tertiary/aromatic N) is 2. The van der Waals surface area contributed by atoms with Gasteiger partial charge in [0.2, 0.25) is 0 Å². The Morgan fingerprint density at radius 1 is 1.40 bits per heavy atom. The normalized spacial score (nSPS) is 12.4. The number of hydrogen-bond acceptors (Lipinski definition) is 4. The van der Waals surface area contributed by atoms with Crippen LogP contribution in [0.4, 0.5) is 0 Å². The molecule has 0 heterocycles. The zero-order valence-electron chi connectivity index (χ0n) is 12.5. The molecule has 4 heteroatoms. The lowest BCUT2D eigenvalue weighted by Gasteiger charge is -2.21. The third kappa shape index (κ3) is 6.55. The Hall–Kier alpha value is -1.57. The Bertz CT molecular complexity index is 440. The molecule has 0 saturated heterocycles. The second-order valence-electron chi connectivity index (χ2n) is 5.55. The summed E-state index contributed by atoms with van der Waals surface area (Å²) in [6.45, 7) is 6.18. The van der Waals surface area contributed by atoms with Gasteiger partial charge in [-0.05, 0) is 44.1 Å². The fraction of sp³-hybridized carbons (Fsp3) is 0.562. The molecular formula is C16H24N2O2. The van der Waals surface area contributed by atoms with Crippen LogP contribution in [0.25, 0.3) is 0 Å². The molecule has 1 N–H and O–H groups in total. The summed E-state index contributed by atoms with van der Waals surface area (Å²) in [7, 11) is 2.00. The molecule has 1 atom stereocenters. The van der Waals surface area contributed by atoms with Gasteiger partial charge >= 0.3 is 0 Å². The molecule has 1 aromatic carbocycles. The maximum Gasteiger partial charge on any atom is 0.120 e. The molecule has 0 aliphatic rings. The molecule has 0 amide bonds. The minimum Gasteiger partial charge on any atom is -0.491 e. The van der Waals surface area contributed by atoms with Gasteiger partial charge in [0.05, 0.1) is 11.6 Å². The van der Waals surface area contributed by atoms with Crippen molar-refractivity contribution in [1.29, 1.82) is 5.26 Å². The molecule has 0 aliphatic carbocycles. The van der Waals surface area contributed by atoms with E-state index in [0.29, 0.717) is 23.8 Å². The maximum absolute atomic E-state index is 9.94. The van der Waals surface area contributed by atoms with Crippen LogP contribution >= 0.6 is 0 Å². The van der Waals surface area contributed by atoms with E-state index in [1.807, 2.05) is 7.05 Å². The molecule has 0 fully saturated rings. The van der Waals surface area contributed by atoms with Crippen molar-refractivity contribution in [2.24, 2.45) is 5.92 Å². The molecule has 1 unspecified atom stereocenters. The molecule has 1 aromatic rings. The highest BCUT2D eigenvalue weighted by Gasteiger charge is 2.09. The van der Waals surface area contributed by atoms with Crippen molar-refractivity contribution in [2.45, 2.75) is 26.4 Å². The van der Waals surface area contributed by atoms with E-state index in [0.717, 1.165) is 13.0 Å². The van der Waals surface area contributed by atoms with Gasteiger partial charge in [0, 0.05) is 6.54 Å². The average Bonchev–Trinajstić information content (AvgIpc) is 2.43. The fourth-order valence-electron chi connectivity index (χ4n) is 1.83. The van der Waals surface area contributed by atoms with Gasteiger partial charge in [0.25, 0.3) is 0 Å². The van der Waals surface area contributed by atoms with E-state index >= 15 is 0 Å². The van der Waals surface area contributed by atoms with Gasteiger partial charge in [-0.15, -0.1) is 0 Å². The third-order valence-corrected chi connectivity index (χ3v) is 3.02. The topological polar surface area (TPSA) is 56.5 Å². The van der Waals surface area contributed by atoms with Crippen LogP contribution in [0.5, 0.6) is 5.75 Å². The van der Waals surface area contributed by atoms with Gasteiger partial charge in [0.1, 0.15) is 18.5 Å². The van der Waals surface area contributed by atoms with E-state index in [1.54, 1.807) is 24.3 Å². The molecule has 0 bridgehead atoms. The highest BCUT2D eigenvalue weighted by molar-refractivity contribution is 5.36. The molecule has 1 rings (SSSR count). The van der Waals surface area contributed by atoms with Crippen molar-refractivity contribution in [3.05, 3.63) is 29.8 Å². The number of rotatable bonds is 8. The molecule has 0 aromatic heterocycles. The average molecular weight is 276 g/mol. The van der Waals surface area contributed by atoms with Crippen LogP contribution < -0.4 is 4.74 Å². The summed E-state index contributed by atoms with van der Waals surface area (Å²) in [4.78, 5) is 2.11. The van der Waals surface area contributed by atoms with Gasteiger partial charge in [-0.3, -0.25) is 0 Å². The van der Waals surface area contributed by atoms with Crippen molar-refractivity contribution in [1.82, 2.24) is 4.90 Å². The number of likely N-dealkylation sites (N-methyl/N-ethyl adjacent to an activating group) is 1. The highest BCUT2D eigenvalue weighted by atomic mass is 16.5. The Balaban J connectivity index is 2.32. The molecule has 20 heavy (non-hydrogen) atoms. The molecular weight excluding hydrogens is 252 g/mol. The lowest BCUT2D eigenvalue weighted by molar-refractivity contribution is 0.0751. The number of ether oxygens (including phenoxy) is 1. The van der Waals surface area contributed by atoms with Crippen LogP contribution in [0, 0.1) is 17.2 Å². The predicted octanol–water partition coefficient (Wildman–Crippen LogP) is 2.28. The van der Waals surface area contributed by atoms with Crippen LogP contribution in [0.2, 0.25) is 0 Å². The highest BCUT2D eigenvalue weighted by Crippen LogP contribution is 2.12. The van der Waals surface area contributed by atoms with Crippen molar-refractivity contribution in [2.75, 3.05) is 26.7 Å². The molecule has 0 radical (unpaired) electrons. The van der Waals surface area contributed by atoms with Gasteiger partial charge in [-0.1, -0.05) is 19.9 Å². The summed E-state index contributed by atoms with van der Waals surface area (Å²) >= 11 is 0. The largest absolute Gasteiger partial charge is 0.491 e. The summed E-state index contributed by atoms with van der Waals surface area (Å²) in [6.07, 6.45) is 0.590. The van der Waals surface area contributed by atoms with E-state index in [4.69, 9.17) is 10.00 Å². The standard InChI is InChI=1S/C16H24N2O2/c1-13(2)7-8-18(3)11-15(19)12-20-16-6-4-5-14(9-16)10-17/h4-6,9,13,15,19H,7-8,11-12H2,1-3H3. The first kappa shape index (κ1) is 16.5. The molecule has 0 saturated carbocycles. The van der Waals surface area contributed by atoms with Crippen molar-refractivity contribution >= 4 is 0 Å². The summed E-state index contributed by atoms with van der Waals surface area (Å²) in [5.41, 5.74) is 0.561. The van der Waals surface area contributed by atoms with Crippen LogP contribution in [0.15, 0.2) is 24.3 Å². The first-order valence-electron chi connectivity index (χ1n) is 7.01. The molecule has 0 spiro atoms. The van der Waals surface area contributed by atoms with Crippen molar-refractivity contribution in [3.8, 4) is 11.8 Å². The minimum absolute atomic E-state index is 0.237. The quantitative estimate of drug-likeness (QED) is 0.791. The van der Waals surface area contributed by atoms with E-state index in [1.165, 1.54) is 0 Å². The van der Waals surface area contributed by atoms with E-state index in [2.05, 4.69) is 24.8 Å². The first-order valence-corrected chi connectivity index (χ1v) is 7.01. The smallest absolute Gasteiger partial charge is 0.120 e. The second kappa shape index (κ2) is 8.57. The number of benzene rings is 1. The van der Waals surface area contributed by atoms with E-state index < -0.39 is 6.10 Å². The molecule has 110 valence electrons. The van der Waals surface area contributed by atoms with Gasteiger partial charge < -0.3 is 14.7 Å². The summed E-state index contributed by atoms with van der Waals surface area (Å²) in [5.74, 6) is 1.28. The molecule has 4 nitrogen and oxygen atoms in total. The lowest BCUT2D eigenvalue weighted by Crippen LogP contribution is -2.34. The van der Waals surface area contributed by atoms with E-state index in [-0.39, 0.29) is 6.61 Å². The lowest BCUT2D eigenvalue weighted by atomic mass is 10.1. The summed E-state index contributed by atoms with van der Waals surface area (Å²) in [5, 5.41) is 18.7. The third-order valence-electron chi connectivity index (χ3n) is 3.02. The van der Waals surface area contributed by atoms with Crippen LogP contribution in [0.3, 0.4) is 0 Å². The monoisotopic (exact) mass is 276 g/mol. The minimum atomic E-state index is -0.530. The Kier molecular flexibility index (Phi) is 7.06. The second-order valence-corrected chi connectivity index (χ2v) is 5.55. The van der Waals surface area contributed by atoms with Crippen LogP contribution in [-0.4, -0.2) is 42.9 Å². The van der Waals surface area contributed by atoms with Gasteiger partial charge in [-0.2, -0.15) is 5.26 Å². The zero-order chi connectivity index (χ0) is 15.0. The SMILES string of the molecule is CC(C)CCN(C)CC(O)COc1cccc(C#N)c1. The Morgan fingerprint density at radius 3 is 2.80 bits per heavy atom. The van der Waals surface area contributed by atoms with Crippen LogP contribution in [-0.2, 0) is 0 Å². The molecule has 0 aliphatic heterocycles. The Labute approximate surface area is 121 Å². The van der Waals surface area contributed by atoms with Gasteiger partial charge in [0.15, 0.2) is 0 Å². The number of aliphatic hydroxyl groups is 1. The number of hydrogen-bond donors (Lipinski definition) is 1. The van der Waals surface area contributed by atoms with Gasteiger partial charge in [-0.25, -0.2) is 0 Å². The van der Waals surface area contributed by atoms with Crippen molar-refractivity contribution < 1.29 is 9.84 Å². The maximum atomic E-state index is 9.94. The Morgan fingerprint density at radius 2 is 2.15 bits per heavy atom. The van der Waals surface area contributed by atoms with E-state index in [9.17, 15) is 5.11 Å². The van der Waals surface area contributed by atoms with Crippen LogP contribution in [0.1, 0.15) is 25.8 Å². The number of aliphatic hydroxyl groups excluding tert-OH is 1. The first-order chi connectivity index (χ1) is 9.51.